The zero-order valence-electron chi connectivity index (χ0n) is 16.2. The highest BCUT2D eigenvalue weighted by atomic mass is 32.2. The van der Waals surface area contributed by atoms with Crippen LogP contribution in [0.2, 0.25) is 0 Å². The first-order chi connectivity index (χ1) is 13.7. The van der Waals surface area contributed by atoms with E-state index in [4.69, 9.17) is 0 Å². The number of aryl methyl sites for hydroxylation is 1. The quantitative estimate of drug-likeness (QED) is 0.642. The minimum absolute atomic E-state index is 0.0257. The Hall–Kier alpha value is -3.20. The number of benzene rings is 2. The Labute approximate surface area is 168 Å². The molecule has 1 aromatic heterocycles. The van der Waals surface area contributed by atoms with Crippen molar-refractivity contribution >= 4 is 27.3 Å². The summed E-state index contributed by atoms with van der Waals surface area (Å²) in [5, 5.41) is 7.18. The maximum atomic E-state index is 13.2. The number of sulfonamides is 1. The third-order valence-electron chi connectivity index (χ3n) is 4.39. The summed E-state index contributed by atoms with van der Waals surface area (Å²) < 4.78 is 40.4. The lowest BCUT2D eigenvalue weighted by Gasteiger charge is -2.09. The van der Waals surface area contributed by atoms with Crippen LogP contribution >= 0.6 is 0 Å². The van der Waals surface area contributed by atoms with Crippen LogP contribution in [0.1, 0.15) is 28.7 Å². The third kappa shape index (κ3) is 4.62. The first kappa shape index (κ1) is 20.5. The molecular formula is C20H21FN4O3S. The molecule has 0 aliphatic rings. The molecule has 9 heteroatoms. The predicted molar refractivity (Wildman–Crippen MR) is 110 cm³/mol. The lowest BCUT2D eigenvalue weighted by molar-refractivity contribution is 0.102. The van der Waals surface area contributed by atoms with Crippen molar-refractivity contribution in [1.82, 2.24) is 9.78 Å². The molecular weight excluding hydrogens is 395 g/mol. The van der Waals surface area contributed by atoms with Gasteiger partial charge in [0.1, 0.15) is 5.82 Å². The van der Waals surface area contributed by atoms with Crippen LogP contribution in [0.3, 0.4) is 0 Å². The zero-order chi connectivity index (χ0) is 21.2. The maximum absolute atomic E-state index is 13.2. The molecule has 0 atom stereocenters. The number of carbonyl (C=O) groups excluding carboxylic acids is 1. The second-order valence-corrected chi connectivity index (χ2v) is 8.48. The molecule has 0 fully saturated rings. The number of amides is 1. The van der Waals surface area contributed by atoms with E-state index < -0.39 is 10.0 Å². The second kappa shape index (κ2) is 8.04. The van der Waals surface area contributed by atoms with Gasteiger partial charge in [0, 0.05) is 11.4 Å². The van der Waals surface area contributed by atoms with Gasteiger partial charge in [0.15, 0.2) is 0 Å². The fourth-order valence-corrected chi connectivity index (χ4v) is 3.51. The number of hydrogen-bond acceptors (Lipinski definition) is 4. The van der Waals surface area contributed by atoms with E-state index in [2.05, 4.69) is 15.1 Å². The van der Waals surface area contributed by atoms with Gasteiger partial charge in [-0.05, 0) is 69.3 Å². The fourth-order valence-electron chi connectivity index (χ4n) is 2.87. The SMILES string of the molecule is CCS(=O)(=O)Nc1ccc(NC(=O)c2c(C)nn(-c3ccc(F)cc3)c2C)cc1. The van der Waals surface area contributed by atoms with Gasteiger partial charge in [0.2, 0.25) is 10.0 Å². The molecule has 7 nitrogen and oxygen atoms in total. The standard InChI is InChI=1S/C20H21FN4O3S/c1-4-29(27,28)24-17-9-7-16(8-10-17)22-20(26)19-13(2)23-25(14(19)3)18-11-5-15(21)6-12-18/h5-12,24H,4H2,1-3H3,(H,22,26). The third-order valence-corrected chi connectivity index (χ3v) is 5.69. The molecule has 0 unspecified atom stereocenters. The molecule has 0 bridgehead atoms. The Morgan fingerprint density at radius 2 is 1.62 bits per heavy atom. The molecule has 2 aromatic carbocycles. The molecule has 29 heavy (non-hydrogen) atoms. The molecule has 1 amide bonds. The molecule has 0 aliphatic carbocycles. The Kier molecular flexibility index (Phi) is 5.69. The van der Waals surface area contributed by atoms with Gasteiger partial charge in [0.25, 0.3) is 5.91 Å². The van der Waals surface area contributed by atoms with Gasteiger partial charge in [0.05, 0.1) is 28.4 Å². The number of nitrogens with zero attached hydrogens (tertiary/aromatic N) is 2. The number of rotatable bonds is 6. The van der Waals surface area contributed by atoms with Crippen LogP contribution in [0.4, 0.5) is 15.8 Å². The van der Waals surface area contributed by atoms with Crippen LogP contribution in [-0.4, -0.2) is 29.9 Å². The van der Waals surface area contributed by atoms with Crippen LogP contribution in [-0.2, 0) is 10.0 Å². The molecule has 0 saturated heterocycles. The van der Waals surface area contributed by atoms with Crippen molar-refractivity contribution in [2.45, 2.75) is 20.8 Å². The number of aromatic nitrogens is 2. The van der Waals surface area contributed by atoms with Crippen LogP contribution in [0, 0.1) is 19.7 Å². The van der Waals surface area contributed by atoms with Crippen molar-refractivity contribution in [3.8, 4) is 5.69 Å². The van der Waals surface area contributed by atoms with Crippen molar-refractivity contribution in [1.29, 1.82) is 0 Å². The van der Waals surface area contributed by atoms with Crippen molar-refractivity contribution in [2.24, 2.45) is 0 Å². The summed E-state index contributed by atoms with van der Waals surface area (Å²) >= 11 is 0. The van der Waals surface area contributed by atoms with Gasteiger partial charge in [-0.15, -0.1) is 0 Å². The lowest BCUT2D eigenvalue weighted by Crippen LogP contribution is -2.15. The smallest absolute Gasteiger partial charge is 0.259 e. The molecule has 1 heterocycles. The molecule has 0 aliphatic heterocycles. The van der Waals surface area contributed by atoms with Crippen molar-refractivity contribution < 1.29 is 17.6 Å². The van der Waals surface area contributed by atoms with Gasteiger partial charge in [-0.25, -0.2) is 17.5 Å². The molecule has 0 spiro atoms. The highest BCUT2D eigenvalue weighted by Gasteiger charge is 2.19. The Balaban J connectivity index is 1.80. The zero-order valence-corrected chi connectivity index (χ0v) is 17.0. The number of hydrogen-bond donors (Lipinski definition) is 2. The Bertz CT molecular complexity index is 1140. The highest BCUT2D eigenvalue weighted by molar-refractivity contribution is 7.92. The van der Waals surface area contributed by atoms with E-state index >= 15 is 0 Å². The van der Waals surface area contributed by atoms with E-state index in [-0.39, 0.29) is 17.5 Å². The molecule has 0 saturated carbocycles. The highest BCUT2D eigenvalue weighted by Crippen LogP contribution is 2.21. The van der Waals surface area contributed by atoms with E-state index in [0.717, 1.165) is 0 Å². The Morgan fingerprint density at radius 3 is 2.21 bits per heavy atom. The second-order valence-electron chi connectivity index (χ2n) is 6.47. The fraction of sp³-hybridized carbons (Fsp3) is 0.200. The molecule has 152 valence electrons. The first-order valence-corrected chi connectivity index (χ1v) is 10.6. The van der Waals surface area contributed by atoms with E-state index in [1.54, 1.807) is 61.9 Å². The number of carbonyl (C=O) groups is 1. The molecule has 3 aromatic rings. The summed E-state index contributed by atoms with van der Waals surface area (Å²) in [6.07, 6.45) is 0. The minimum Gasteiger partial charge on any atom is -0.322 e. The van der Waals surface area contributed by atoms with Crippen molar-refractivity contribution in [3.05, 3.63) is 71.3 Å². The normalized spacial score (nSPS) is 11.3. The van der Waals surface area contributed by atoms with E-state index in [9.17, 15) is 17.6 Å². The summed E-state index contributed by atoms with van der Waals surface area (Å²) in [6.45, 7) is 5.04. The van der Waals surface area contributed by atoms with Crippen molar-refractivity contribution in [3.63, 3.8) is 0 Å². The summed E-state index contributed by atoms with van der Waals surface area (Å²) in [4.78, 5) is 12.8. The maximum Gasteiger partial charge on any atom is 0.259 e. The number of nitrogens with one attached hydrogen (secondary N) is 2. The van der Waals surface area contributed by atoms with Crippen molar-refractivity contribution in [2.75, 3.05) is 15.8 Å². The van der Waals surface area contributed by atoms with Gasteiger partial charge in [-0.3, -0.25) is 9.52 Å². The molecule has 0 radical (unpaired) electrons. The summed E-state index contributed by atoms with van der Waals surface area (Å²) in [5.74, 6) is -0.713. The first-order valence-electron chi connectivity index (χ1n) is 8.94. The molecule has 3 rings (SSSR count). The minimum atomic E-state index is -3.36. The topological polar surface area (TPSA) is 93.1 Å². The van der Waals surface area contributed by atoms with E-state index in [1.807, 2.05) is 0 Å². The van der Waals surface area contributed by atoms with E-state index in [1.165, 1.54) is 12.1 Å². The van der Waals surface area contributed by atoms with Gasteiger partial charge < -0.3 is 5.32 Å². The monoisotopic (exact) mass is 416 g/mol. The van der Waals surface area contributed by atoms with Crippen LogP contribution in [0.5, 0.6) is 0 Å². The summed E-state index contributed by atoms with van der Waals surface area (Å²) in [6, 6.07) is 12.2. The van der Waals surface area contributed by atoms with Gasteiger partial charge >= 0.3 is 0 Å². The predicted octanol–water partition coefficient (Wildman–Crippen LogP) is 3.64. The van der Waals surface area contributed by atoms with Gasteiger partial charge in [-0.2, -0.15) is 5.10 Å². The Morgan fingerprint density at radius 1 is 1.03 bits per heavy atom. The summed E-state index contributed by atoms with van der Waals surface area (Å²) in [7, 11) is -3.36. The van der Waals surface area contributed by atoms with Crippen LogP contribution in [0.25, 0.3) is 5.69 Å². The largest absolute Gasteiger partial charge is 0.322 e. The average molecular weight is 416 g/mol. The number of anilines is 2. The van der Waals surface area contributed by atoms with Crippen LogP contribution in [0.15, 0.2) is 48.5 Å². The van der Waals surface area contributed by atoms with E-state index in [0.29, 0.717) is 34.0 Å². The summed E-state index contributed by atoms with van der Waals surface area (Å²) in [5.41, 5.74) is 3.17. The average Bonchev–Trinajstić information content (AvgIpc) is 2.98. The number of halogens is 1. The van der Waals surface area contributed by atoms with Gasteiger partial charge in [-0.1, -0.05) is 0 Å². The lowest BCUT2D eigenvalue weighted by atomic mass is 10.1. The van der Waals surface area contributed by atoms with Crippen LogP contribution < -0.4 is 10.0 Å². The molecule has 2 N–H and O–H groups in total.